The molecule has 0 saturated carbocycles. The second-order valence-corrected chi connectivity index (χ2v) is 4.07. The first kappa shape index (κ1) is 13.1. The number of aromatic nitrogens is 2. The van der Waals surface area contributed by atoms with E-state index in [9.17, 15) is 0 Å². The van der Waals surface area contributed by atoms with Gasteiger partial charge >= 0.3 is 0 Å². The lowest BCUT2D eigenvalue weighted by molar-refractivity contribution is 0.272. The summed E-state index contributed by atoms with van der Waals surface area (Å²) in [5, 5.41) is 16.1. The summed E-state index contributed by atoms with van der Waals surface area (Å²) in [6.45, 7) is 6.22. The number of aliphatic hydroxyl groups excluding tert-OH is 1. The van der Waals surface area contributed by atoms with E-state index in [2.05, 4.69) is 29.3 Å². The molecule has 92 valence electrons. The Hall–Kier alpha value is -0.940. The first-order valence-electron chi connectivity index (χ1n) is 5.84. The van der Waals surface area contributed by atoms with E-state index in [1.54, 1.807) is 6.92 Å². The number of hydrogen-bond acceptors (Lipinski definition) is 5. The molecule has 0 amide bonds. The molecule has 1 aromatic rings. The largest absolute Gasteiger partial charge is 0.396 e. The second-order valence-electron chi connectivity index (χ2n) is 4.07. The zero-order valence-electron chi connectivity index (χ0n) is 10.2. The summed E-state index contributed by atoms with van der Waals surface area (Å²) in [5.74, 6) is 1.31. The summed E-state index contributed by atoms with van der Waals surface area (Å²) in [6.07, 6.45) is 2.68. The van der Waals surface area contributed by atoms with Crippen molar-refractivity contribution < 1.29 is 9.63 Å². The van der Waals surface area contributed by atoms with E-state index in [1.807, 2.05) is 0 Å². The van der Waals surface area contributed by atoms with Crippen molar-refractivity contribution in [1.82, 2.24) is 15.5 Å². The molecule has 0 aliphatic rings. The Labute approximate surface area is 96.2 Å². The van der Waals surface area contributed by atoms with Gasteiger partial charge in [-0.3, -0.25) is 0 Å². The van der Waals surface area contributed by atoms with Gasteiger partial charge in [0, 0.05) is 19.6 Å². The van der Waals surface area contributed by atoms with Crippen LogP contribution in [0.3, 0.4) is 0 Å². The molecule has 0 aromatic carbocycles. The highest BCUT2D eigenvalue weighted by atomic mass is 16.5. The third kappa shape index (κ3) is 3.90. The molecule has 0 spiro atoms. The molecule has 1 aromatic heterocycles. The summed E-state index contributed by atoms with van der Waals surface area (Å²) < 4.78 is 4.97. The van der Waals surface area contributed by atoms with Crippen LogP contribution in [0.4, 0.5) is 0 Å². The molecule has 2 N–H and O–H groups in total. The highest BCUT2D eigenvalue weighted by molar-refractivity contribution is 4.93. The van der Waals surface area contributed by atoms with Crippen LogP contribution in [-0.2, 0) is 0 Å². The monoisotopic (exact) mass is 227 g/mol. The summed E-state index contributed by atoms with van der Waals surface area (Å²) in [7, 11) is 0. The van der Waals surface area contributed by atoms with Gasteiger partial charge in [0.1, 0.15) is 0 Å². The molecule has 0 bridgehead atoms. The first-order valence-corrected chi connectivity index (χ1v) is 5.84. The molecule has 0 saturated heterocycles. The van der Waals surface area contributed by atoms with Crippen LogP contribution in [0.1, 0.15) is 50.9 Å². The van der Waals surface area contributed by atoms with E-state index in [0.717, 1.165) is 25.1 Å². The molecule has 0 radical (unpaired) electrons. The average Bonchev–Trinajstić information content (AvgIpc) is 2.69. The second kappa shape index (κ2) is 6.60. The van der Waals surface area contributed by atoms with Crippen molar-refractivity contribution in [2.45, 2.75) is 52.1 Å². The maximum Gasteiger partial charge on any atom is 0.223 e. The van der Waals surface area contributed by atoms with Crippen LogP contribution in [0.5, 0.6) is 0 Å². The summed E-state index contributed by atoms with van der Waals surface area (Å²) in [4.78, 5) is 4.23. The Kier molecular flexibility index (Phi) is 5.42. The fourth-order valence-electron chi connectivity index (χ4n) is 1.66. The van der Waals surface area contributed by atoms with Gasteiger partial charge in [0.25, 0.3) is 0 Å². The maximum absolute atomic E-state index is 8.76. The lowest BCUT2D eigenvalue weighted by atomic mass is 10.1. The zero-order valence-corrected chi connectivity index (χ0v) is 10.2. The average molecular weight is 227 g/mol. The van der Waals surface area contributed by atoms with E-state index in [-0.39, 0.29) is 12.6 Å². The van der Waals surface area contributed by atoms with Crippen LogP contribution in [0, 0.1) is 6.92 Å². The fourth-order valence-corrected chi connectivity index (χ4v) is 1.66. The minimum Gasteiger partial charge on any atom is -0.396 e. The van der Waals surface area contributed by atoms with Crippen molar-refractivity contribution in [2.24, 2.45) is 0 Å². The number of aliphatic hydroxyl groups is 1. The standard InChI is InChI=1S/C11H21N3O2/c1-4-10(11-13-9(3)16-14-11)12-8(2)6-5-7-15/h8,10,12,15H,4-7H2,1-3H3. The van der Waals surface area contributed by atoms with Crippen LogP contribution >= 0.6 is 0 Å². The summed E-state index contributed by atoms with van der Waals surface area (Å²) >= 11 is 0. The molecular weight excluding hydrogens is 206 g/mol. The van der Waals surface area contributed by atoms with Crippen molar-refractivity contribution in [3.63, 3.8) is 0 Å². The topological polar surface area (TPSA) is 71.2 Å². The van der Waals surface area contributed by atoms with Crippen molar-refractivity contribution in [3.05, 3.63) is 11.7 Å². The van der Waals surface area contributed by atoms with E-state index in [1.165, 1.54) is 0 Å². The van der Waals surface area contributed by atoms with Crippen LogP contribution < -0.4 is 5.32 Å². The van der Waals surface area contributed by atoms with Gasteiger partial charge in [-0.05, 0) is 26.2 Å². The summed E-state index contributed by atoms with van der Waals surface area (Å²) in [5.41, 5.74) is 0. The van der Waals surface area contributed by atoms with Gasteiger partial charge in [0.2, 0.25) is 5.89 Å². The number of rotatable bonds is 7. The molecule has 5 heteroatoms. The first-order chi connectivity index (χ1) is 7.67. The fraction of sp³-hybridized carbons (Fsp3) is 0.818. The molecule has 0 fully saturated rings. The smallest absolute Gasteiger partial charge is 0.223 e. The van der Waals surface area contributed by atoms with Gasteiger partial charge < -0.3 is 14.9 Å². The Morgan fingerprint density at radius 2 is 2.25 bits per heavy atom. The van der Waals surface area contributed by atoms with E-state index in [0.29, 0.717) is 11.9 Å². The normalized spacial score (nSPS) is 15.0. The van der Waals surface area contributed by atoms with Crippen LogP contribution in [0.2, 0.25) is 0 Å². The highest BCUT2D eigenvalue weighted by Gasteiger charge is 2.17. The number of hydrogen-bond donors (Lipinski definition) is 2. The van der Waals surface area contributed by atoms with E-state index in [4.69, 9.17) is 9.63 Å². The van der Waals surface area contributed by atoms with Crippen LogP contribution in [0.15, 0.2) is 4.52 Å². The van der Waals surface area contributed by atoms with E-state index >= 15 is 0 Å². The van der Waals surface area contributed by atoms with Gasteiger partial charge in [0.05, 0.1) is 6.04 Å². The third-order valence-corrected chi connectivity index (χ3v) is 2.54. The third-order valence-electron chi connectivity index (χ3n) is 2.54. The van der Waals surface area contributed by atoms with Crippen molar-refractivity contribution >= 4 is 0 Å². The maximum atomic E-state index is 8.76. The number of aryl methyl sites for hydroxylation is 1. The van der Waals surface area contributed by atoms with Gasteiger partial charge in [0.15, 0.2) is 5.82 Å². The Balaban J connectivity index is 2.48. The molecule has 2 unspecified atom stereocenters. The Morgan fingerprint density at radius 3 is 2.75 bits per heavy atom. The van der Waals surface area contributed by atoms with Crippen molar-refractivity contribution in [2.75, 3.05) is 6.61 Å². The van der Waals surface area contributed by atoms with Crippen molar-refractivity contribution in [3.8, 4) is 0 Å². The lowest BCUT2D eigenvalue weighted by Gasteiger charge is -2.19. The van der Waals surface area contributed by atoms with Gasteiger partial charge in [-0.2, -0.15) is 4.98 Å². The SMILES string of the molecule is CCC(NC(C)CCCO)c1noc(C)n1. The molecule has 0 aliphatic heterocycles. The predicted octanol–water partition coefficient (Wildman–Crippen LogP) is 1.58. The molecule has 2 atom stereocenters. The minimum absolute atomic E-state index is 0.131. The highest BCUT2D eigenvalue weighted by Crippen LogP contribution is 2.14. The summed E-state index contributed by atoms with van der Waals surface area (Å²) in [6, 6.07) is 0.474. The minimum atomic E-state index is 0.131. The van der Waals surface area contributed by atoms with Gasteiger partial charge in [-0.15, -0.1) is 0 Å². The molecule has 1 rings (SSSR count). The number of nitrogens with one attached hydrogen (secondary N) is 1. The number of nitrogens with zero attached hydrogens (tertiary/aromatic N) is 2. The quantitative estimate of drug-likeness (QED) is 0.740. The molecule has 0 aliphatic carbocycles. The molecular formula is C11H21N3O2. The Morgan fingerprint density at radius 1 is 1.50 bits per heavy atom. The van der Waals surface area contributed by atoms with Crippen LogP contribution in [0.25, 0.3) is 0 Å². The molecule has 5 nitrogen and oxygen atoms in total. The Bertz CT molecular complexity index is 301. The zero-order chi connectivity index (χ0) is 12.0. The van der Waals surface area contributed by atoms with E-state index < -0.39 is 0 Å². The molecule has 1 heterocycles. The lowest BCUT2D eigenvalue weighted by Crippen LogP contribution is -2.31. The van der Waals surface area contributed by atoms with Gasteiger partial charge in [-0.1, -0.05) is 12.1 Å². The van der Waals surface area contributed by atoms with Crippen LogP contribution in [-0.4, -0.2) is 27.9 Å². The van der Waals surface area contributed by atoms with Gasteiger partial charge in [-0.25, -0.2) is 0 Å². The molecule has 16 heavy (non-hydrogen) atoms. The van der Waals surface area contributed by atoms with Crippen molar-refractivity contribution in [1.29, 1.82) is 0 Å². The predicted molar refractivity (Wildman–Crippen MR) is 61.0 cm³/mol.